The van der Waals surface area contributed by atoms with Crippen molar-refractivity contribution >= 4 is 22.9 Å². The molecule has 0 spiro atoms. The summed E-state index contributed by atoms with van der Waals surface area (Å²) in [4.78, 5) is 25.5. The lowest BCUT2D eigenvalue weighted by atomic mass is 9.94. The van der Waals surface area contributed by atoms with Gasteiger partial charge in [-0.05, 0) is 32.9 Å². The second-order valence-corrected chi connectivity index (χ2v) is 7.95. The Balaban J connectivity index is 1.77. The topological polar surface area (TPSA) is 76.5 Å². The van der Waals surface area contributed by atoms with Gasteiger partial charge >= 0.3 is 6.09 Å². The van der Waals surface area contributed by atoms with Crippen LogP contribution in [0, 0.1) is 5.82 Å². The monoisotopic (exact) mass is 412 g/mol. The average molecular weight is 412 g/mol. The second kappa shape index (κ2) is 7.92. The van der Waals surface area contributed by atoms with Gasteiger partial charge in [0.1, 0.15) is 18.0 Å². The van der Waals surface area contributed by atoms with Crippen LogP contribution in [0.2, 0.25) is 0 Å². The van der Waals surface area contributed by atoms with Gasteiger partial charge in [0.2, 0.25) is 5.91 Å². The van der Waals surface area contributed by atoms with E-state index < -0.39 is 36.4 Å². The summed E-state index contributed by atoms with van der Waals surface area (Å²) in [5, 5.41) is 6.73. The minimum Gasteiger partial charge on any atom is -0.444 e. The zero-order valence-corrected chi connectivity index (χ0v) is 16.4. The predicted molar refractivity (Wildman–Crippen MR) is 99.3 cm³/mol. The Morgan fingerprint density at radius 2 is 2.00 bits per heavy atom. The van der Waals surface area contributed by atoms with Gasteiger partial charge in [-0.2, -0.15) is 5.10 Å². The number of benzene rings is 1. The van der Waals surface area contributed by atoms with E-state index in [1.165, 1.54) is 21.7 Å². The molecule has 0 unspecified atom stereocenters. The van der Waals surface area contributed by atoms with E-state index in [9.17, 15) is 22.8 Å². The molecule has 1 aliphatic heterocycles. The minimum atomic E-state index is -2.66. The quantitative estimate of drug-likeness (QED) is 0.819. The molecule has 3 rings (SSSR count). The third kappa shape index (κ3) is 4.80. The van der Waals surface area contributed by atoms with Crippen LogP contribution >= 0.6 is 0 Å². The summed E-state index contributed by atoms with van der Waals surface area (Å²) in [5.74, 6) is -1.35. The van der Waals surface area contributed by atoms with Crippen molar-refractivity contribution in [3.8, 4) is 0 Å². The van der Waals surface area contributed by atoms with Gasteiger partial charge in [0.15, 0.2) is 0 Å². The number of nitrogens with one attached hydrogen (secondary N) is 1. The molecule has 0 radical (unpaired) electrons. The molecule has 158 valence electrons. The fraction of sp³-hybridized carbons (Fsp3) is 0.526. The van der Waals surface area contributed by atoms with E-state index in [0.717, 1.165) is 0 Å². The maximum absolute atomic E-state index is 14.5. The molecule has 1 N–H and O–H groups in total. The van der Waals surface area contributed by atoms with Crippen molar-refractivity contribution in [3.05, 3.63) is 29.7 Å². The lowest BCUT2D eigenvalue weighted by molar-refractivity contribution is -0.122. The molecule has 2 aromatic rings. The van der Waals surface area contributed by atoms with Crippen LogP contribution in [-0.4, -0.2) is 58.3 Å². The van der Waals surface area contributed by atoms with Gasteiger partial charge in [-0.1, -0.05) is 6.07 Å². The Morgan fingerprint density at radius 1 is 1.31 bits per heavy atom. The van der Waals surface area contributed by atoms with Crippen LogP contribution in [0.3, 0.4) is 0 Å². The molecule has 10 heteroatoms. The lowest BCUT2D eigenvalue weighted by Gasteiger charge is -2.39. The van der Waals surface area contributed by atoms with Crippen molar-refractivity contribution in [2.24, 2.45) is 0 Å². The van der Waals surface area contributed by atoms with Crippen LogP contribution in [0.15, 0.2) is 18.2 Å². The summed E-state index contributed by atoms with van der Waals surface area (Å²) in [6, 6.07) is 4.39. The van der Waals surface area contributed by atoms with Gasteiger partial charge < -0.3 is 15.0 Å². The first kappa shape index (κ1) is 20.9. The minimum absolute atomic E-state index is 0.215. The third-order valence-electron chi connectivity index (χ3n) is 4.42. The highest BCUT2D eigenvalue weighted by atomic mass is 19.3. The Kier molecular flexibility index (Phi) is 5.72. The molecule has 29 heavy (non-hydrogen) atoms. The number of halogens is 3. The molecule has 0 bridgehead atoms. The van der Waals surface area contributed by atoms with Gasteiger partial charge in [-0.25, -0.2) is 18.0 Å². The van der Waals surface area contributed by atoms with Crippen LogP contribution in [0.5, 0.6) is 0 Å². The smallest absolute Gasteiger partial charge is 0.410 e. The van der Waals surface area contributed by atoms with Gasteiger partial charge in [0, 0.05) is 19.0 Å². The highest BCUT2D eigenvalue weighted by Crippen LogP contribution is 2.34. The summed E-state index contributed by atoms with van der Waals surface area (Å²) < 4.78 is 45.7. The fourth-order valence-corrected chi connectivity index (χ4v) is 3.13. The SMILES string of the molecule is CC(C)(C)OC(=O)N1CC(c2nn(CC(=O)NCC(F)F)c3cccc(F)c23)C1. The van der Waals surface area contributed by atoms with Crippen LogP contribution < -0.4 is 5.32 Å². The Labute approximate surface area is 165 Å². The van der Waals surface area contributed by atoms with E-state index in [2.05, 4.69) is 10.4 Å². The van der Waals surface area contributed by atoms with Crippen molar-refractivity contribution < 1.29 is 27.5 Å². The number of nitrogens with zero attached hydrogens (tertiary/aromatic N) is 3. The van der Waals surface area contributed by atoms with Crippen molar-refractivity contribution in [1.82, 2.24) is 20.0 Å². The molecular formula is C19H23F3N4O3. The predicted octanol–water partition coefficient (Wildman–Crippen LogP) is 2.89. The first-order valence-corrected chi connectivity index (χ1v) is 9.23. The van der Waals surface area contributed by atoms with Gasteiger partial charge in [0.05, 0.1) is 23.1 Å². The number of hydrogen-bond donors (Lipinski definition) is 1. The van der Waals surface area contributed by atoms with Crippen molar-refractivity contribution in [3.63, 3.8) is 0 Å². The first-order valence-electron chi connectivity index (χ1n) is 9.23. The van der Waals surface area contributed by atoms with E-state index in [4.69, 9.17) is 4.74 Å². The molecule has 1 fully saturated rings. The first-order chi connectivity index (χ1) is 13.5. The number of amides is 2. The van der Waals surface area contributed by atoms with Crippen molar-refractivity contribution in [2.75, 3.05) is 19.6 Å². The normalized spacial score (nSPS) is 14.9. The van der Waals surface area contributed by atoms with Crippen molar-refractivity contribution in [1.29, 1.82) is 0 Å². The summed E-state index contributed by atoms with van der Waals surface area (Å²) >= 11 is 0. The van der Waals surface area contributed by atoms with Gasteiger partial charge in [0.25, 0.3) is 6.43 Å². The van der Waals surface area contributed by atoms with E-state index in [1.807, 2.05) is 0 Å². The maximum Gasteiger partial charge on any atom is 0.410 e. The van der Waals surface area contributed by atoms with E-state index in [0.29, 0.717) is 24.3 Å². The summed E-state index contributed by atoms with van der Waals surface area (Å²) in [7, 11) is 0. The maximum atomic E-state index is 14.5. The number of aromatic nitrogens is 2. The number of carbonyl (C=O) groups is 2. The van der Waals surface area contributed by atoms with Crippen LogP contribution in [0.1, 0.15) is 32.4 Å². The fourth-order valence-electron chi connectivity index (χ4n) is 3.13. The van der Waals surface area contributed by atoms with Gasteiger partial charge in [-0.15, -0.1) is 0 Å². The molecule has 0 saturated carbocycles. The summed E-state index contributed by atoms with van der Waals surface area (Å²) in [6.07, 6.45) is -3.11. The largest absolute Gasteiger partial charge is 0.444 e. The highest BCUT2D eigenvalue weighted by molar-refractivity contribution is 5.85. The zero-order valence-electron chi connectivity index (χ0n) is 16.4. The Morgan fingerprint density at radius 3 is 2.62 bits per heavy atom. The zero-order chi connectivity index (χ0) is 21.3. The molecular weight excluding hydrogens is 389 g/mol. The molecule has 2 heterocycles. The molecule has 0 atom stereocenters. The van der Waals surface area contributed by atoms with Crippen LogP contribution in [0.25, 0.3) is 10.9 Å². The Bertz CT molecular complexity index is 917. The lowest BCUT2D eigenvalue weighted by Crippen LogP contribution is -2.50. The molecule has 1 saturated heterocycles. The number of ether oxygens (including phenoxy) is 1. The highest BCUT2D eigenvalue weighted by Gasteiger charge is 2.37. The molecule has 1 aliphatic rings. The number of fused-ring (bicyclic) bond motifs is 1. The molecule has 2 amide bonds. The molecule has 0 aliphatic carbocycles. The van der Waals surface area contributed by atoms with Gasteiger partial charge in [-0.3, -0.25) is 9.48 Å². The van der Waals surface area contributed by atoms with E-state index >= 15 is 0 Å². The molecule has 7 nitrogen and oxygen atoms in total. The van der Waals surface area contributed by atoms with Crippen LogP contribution in [0.4, 0.5) is 18.0 Å². The van der Waals surface area contributed by atoms with Crippen molar-refractivity contribution in [2.45, 2.75) is 45.3 Å². The molecule has 1 aromatic heterocycles. The third-order valence-corrected chi connectivity index (χ3v) is 4.42. The van der Waals surface area contributed by atoms with Crippen LogP contribution in [-0.2, 0) is 16.1 Å². The molecule has 1 aromatic carbocycles. The van der Waals surface area contributed by atoms with E-state index in [-0.39, 0.29) is 17.8 Å². The number of rotatable bonds is 5. The number of likely N-dealkylation sites (tertiary alicyclic amines) is 1. The summed E-state index contributed by atoms with van der Waals surface area (Å²) in [5.41, 5.74) is 0.205. The summed E-state index contributed by atoms with van der Waals surface area (Å²) in [6.45, 7) is 4.87. The Hall–Kier alpha value is -2.78. The van der Waals surface area contributed by atoms with E-state index in [1.54, 1.807) is 26.8 Å². The number of carbonyl (C=O) groups excluding carboxylic acids is 2. The average Bonchev–Trinajstić information content (AvgIpc) is 2.89. The second-order valence-electron chi connectivity index (χ2n) is 7.95. The standard InChI is InChI=1S/C19H23F3N4O3/c1-19(2,3)29-18(28)25-8-11(9-25)17-16-12(20)5-4-6-13(16)26(24-17)10-15(27)23-7-14(21)22/h4-6,11,14H,7-10H2,1-3H3,(H,23,27). The number of alkyl halides is 2. The number of hydrogen-bond acceptors (Lipinski definition) is 4.